The monoisotopic (exact) mass is 384 g/mol. The molecule has 0 fully saturated rings. The fourth-order valence-corrected chi connectivity index (χ4v) is 2.31. The topological polar surface area (TPSA) is 71.3 Å². The number of amides is 1. The first-order valence-electron chi connectivity index (χ1n) is 8.54. The van der Waals surface area contributed by atoms with E-state index in [0.717, 1.165) is 5.56 Å². The Kier molecular flexibility index (Phi) is 6.59. The Morgan fingerprint density at radius 2 is 1.85 bits per heavy atom. The van der Waals surface area contributed by atoms with Gasteiger partial charge in [0.1, 0.15) is 6.54 Å². The van der Waals surface area contributed by atoms with Gasteiger partial charge in [-0.3, -0.25) is 9.69 Å². The maximum absolute atomic E-state index is 12.2. The molecule has 2 rings (SSSR count). The van der Waals surface area contributed by atoms with E-state index < -0.39 is 18.6 Å². The standard InChI is InChI=1S/C18H23F3N4O2/c1-11(2)15-23-17(27-24-15)12(3)25(4)9-13-5-7-14(8-6-13)16(26)22-10-18(19,20)21/h5-8,11-12H,9-10H2,1-4H3,(H,22,26)/t12-/m1/s1. The van der Waals surface area contributed by atoms with Crippen molar-refractivity contribution in [1.29, 1.82) is 0 Å². The van der Waals surface area contributed by atoms with E-state index in [1.807, 2.05) is 38.0 Å². The molecular weight excluding hydrogens is 361 g/mol. The van der Waals surface area contributed by atoms with Gasteiger partial charge in [0.05, 0.1) is 6.04 Å². The molecular formula is C18H23F3N4O2. The van der Waals surface area contributed by atoms with E-state index >= 15 is 0 Å². The third-order valence-corrected chi connectivity index (χ3v) is 4.09. The van der Waals surface area contributed by atoms with E-state index in [1.165, 1.54) is 12.1 Å². The summed E-state index contributed by atoms with van der Waals surface area (Å²) in [6, 6.07) is 6.31. The number of nitrogens with zero attached hydrogens (tertiary/aromatic N) is 3. The summed E-state index contributed by atoms with van der Waals surface area (Å²) in [6.45, 7) is 5.10. The van der Waals surface area contributed by atoms with Gasteiger partial charge in [-0.1, -0.05) is 31.1 Å². The lowest BCUT2D eigenvalue weighted by atomic mass is 10.1. The van der Waals surface area contributed by atoms with Gasteiger partial charge in [0.25, 0.3) is 5.91 Å². The molecule has 0 spiro atoms. The molecule has 1 heterocycles. The highest BCUT2D eigenvalue weighted by Gasteiger charge is 2.28. The van der Waals surface area contributed by atoms with Crippen molar-refractivity contribution in [3.05, 3.63) is 47.1 Å². The van der Waals surface area contributed by atoms with Crippen molar-refractivity contribution in [2.75, 3.05) is 13.6 Å². The van der Waals surface area contributed by atoms with Crippen LogP contribution in [-0.4, -0.2) is 40.7 Å². The molecule has 0 saturated heterocycles. The third-order valence-electron chi connectivity index (χ3n) is 4.09. The molecule has 1 N–H and O–H groups in total. The van der Waals surface area contributed by atoms with Gasteiger partial charge in [-0.05, 0) is 31.7 Å². The zero-order valence-electron chi connectivity index (χ0n) is 15.7. The first kappa shape index (κ1) is 20.9. The largest absolute Gasteiger partial charge is 0.405 e. The Hall–Kier alpha value is -2.42. The summed E-state index contributed by atoms with van der Waals surface area (Å²) in [6.07, 6.45) is -4.43. The molecule has 0 saturated carbocycles. The van der Waals surface area contributed by atoms with Crippen molar-refractivity contribution in [2.45, 2.75) is 45.5 Å². The first-order chi connectivity index (χ1) is 12.6. The van der Waals surface area contributed by atoms with E-state index in [4.69, 9.17) is 4.52 Å². The molecule has 0 radical (unpaired) electrons. The van der Waals surface area contributed by atoms with E-state index in [2.05, 4.69) is 10.1 Å². The number of nitrogens with one attached hydrogen (secondary N) is 1. The lowest BCUT2D eigenvalue weighted by Gasteiger charge is -2.21. The summed E-state index contributed by atoms with van der Waals surface area (Å²) in [4.78, 5) is 18.1. The highest BCUT2D eigenvalue weighted by Crippen LogP contribution is 2.21. The molecule has 2 aromatic rings. The second-order valence-electron chi connectivity index (χ2n) is 6.73. The van der Waals surface area contributed by atoms with Crippen molar-refractivity contribution in [1.82, 2.24) is 20.4 Å². The Morgan fingerprint density at radius 1 is 1.22 bits per heavy atom. The smallest absolute Gasteiger partial charge is 0.343 e. The summed E-state index contributed by atoms with van der Waals surface area (Å²) in [5, 5.41) is 5.80. The maximum atomic E-state index is 12.2. The van der Waals surface area contributed by atoms with Crippen LogP contribution in [0.1, 0.15) is 60.4 Å². The van der Waals surface area contributed by atoms with Gasteiger partial charge in [-0.15, -0.1) is 0 Å². The van der Waals surface area contributed by atoms with Crippen molar-refractivity contribution >= 4 is 5.91 Å². The molecule has 6 nitrogen and oxygen atoms in total. The molecule has 0 bridgehead atoms. The van der Waals surface area contributed by atoms with Crippen molar-refractivity contribution in [3.63, 3.8) is 0 Å². The van der Waals surface area contributed by atoms with Gasteiger partial charge in [0.2, 0.25) is 5.89 Å². The Morgan fingerprint density at radius 3 is 2.37 bits per heavy atom. The van der Waals surface area contributed by atoms with Crippen molar-refractivity contribution in [3.8, 4) is 0 Å². The molecule has 1 amide bonds. The molecule has 0 unspecified atom stereocenters. The third kappa shape index (κ3) is 6.06. The lowest BCUT2D eigenvalue weighted by molar-refractivity contribution is -0.123. The predicted molar refractivity (Wildman–Crippen MR) is 93.1 cm³/mol. The van der Waals surface area contributed by atoms with Crippen LogP contribution in [0.2, 0.25) is 0 Å². The summed E-state index contributed by atoms with van der Waals surface area (Å²) < 4.78 is 41.8. The van der Waals surface area contributed by atoms with E-state index in [9.17, 15) is 18.0 Å². The maximum Gasteiger partial charge on any atom is 0.405 e. The van der Waals surface area contributed by atoms with E-state index in [1.54, 1.807) is 12.1 Å². The minimum atomic E-state index is -4.43. The molecule has 27 heavy (non-hydrogen) atoms. The van der Waals surface area contributed by atoms with Crippen LogP contribution >= 0.6 is 0 Å². The Balaban J connectivity index is 1.95. The van der Waals surface area contributed by atoms with Crippen molar-refractivity contribution < 1.29 is 22.5 Å². The predicted octanol–water partition coefficient (Wildman–Crippen LogP) is 3.68. The normalized spacial score (nSPS) is 13.2. The number of carbonyl (C=O) groups is 1. The fourth-order valence-electron chi connectivity index (χ4n) is 2.31. The van der Waals surface area contributed by atoms with Gasteiger partial charge < -0.3 is 9.84 Å². The molecule has 1 atom stereocenters. The van der Waals surface area contributed by atoms with Crippen LogP contribution in [0.3, 0.4) is 0 Å². The average molecular weight is 384 g/mol. The van der Waals surface area contributed by atoms with Crippen LogP contribution in [0, 0.1) is 0 Å². The molecule has 0 aliphatic rings. The minimum Gasteiger partial charge on any atom is -0.343 e. The number of alkyl halides is 3. The van der Waals surface area contributed by atoms with Crippen LogP contribution in [0.5, 0.6) is 0 Å². The summed E-state index contributed by atoms with van der Waals surface area (Å²) >= 11 is 0. The second kappa shape index (κ2) is 8.51. The molecule has 9 heteroatoms. The number of hydrogen-bond donors (Lipinski definition) is 1. The number of rotatable bonds is 7. The van der Waals surface area contributed by atoms with Crippen LogP contribution < -0.4 is 5.32 Å². The van der Waals surface area contributed by atoms with Gasteiger partial charge in [0, 0.05) is 18.0 Å². The van der Waals surface area contributed by atoms with Crippen LogP contribution in [0.25, 0.3) is 0 Å². The van der Waals surface area contributed by atoms with Gasteiger partial charge in [0.15, 0.2) is 5.82 Å². The highest BCUT2D eigenvalue weighted by molar-refractivity contribution is 5.94. The van der Waals surface area contributed by atoms with E-state index in [0.29, 0.717) is 18.3 Å². The zero-order chi connectivity index (χ0) is 20.2. The summed E-state index contributed by atoms with van der Waals surface area (Å²) in [7, 11) is 1.90. The second-order valence-corrected chi connectivity index (χ2v) is 6.73. The minimum absolute atomic E-state index is 0.111. The molecule has 1 aromatic heterocycles. The molecule has 0 aliphatic heterocycles. The summed E-state index contributed by atoms with van der Waals surface area (Å²) in [5.74, 6) is 0.590. The van der Waals surface area contributed by atoms with Gasteiger partial charge >= 0.3 is 6.18 Å². The van der Waals surface area contributed by atoms with Crippen LogP contribution in [0.4, 0.5) is 13.2 Å². The van der Waals surface area contributed by atoms with Crippen molar-refractivity contribution in [2.24, 2.45) is 0 Å². The fraction of sp³-hybridized carbons (Fsp3) is 0.500. The quantitative estimate of drug-likeness (QED) is 0.789. The molecule has 148 valence electrons. The van der Waals surface area contributed by atoms with E-state index in [-0.39, 0.29) is 17.5 Å². The lowest BCUT2D eigenvalue weighted by Crippen LogP contribution is -2.33. The molecule has 0 aliphatic carbocycles. The van der Waals surface area contributed by atoms with Gasteiger partial charge in [-0.25, -0.2) is 0 Å². The number of hydrogen-bond acceptors (Lipinski definition) is 5. The first-order valence-corrected chi connectivity index (χ1v) is 8.54. The number of carbonyl (C=O) groups excluding carboxylic acids is 1. The zero-order valence-corrected chi connectivity index (χ0v) is 15.7. The number of aromatic nitrogens is 2. The Labute approximate surface area is 155 Å². The SMILES string of the molecule is CC(C)c1noc([C@@H](C)N(C)Cc2ccc(C(=O)NCC(F)(F)F)cc2)n1. The molecule has 1 aromatic carbocycles. The van der Waals surface area contributed by atoms with Gasteiger partial charge in [-0.2, -0.15) is 18.2 Å². The summed E-state index contributed by atoms with van der Waals surface area (Å²) in [5.41, 5.74) is 1.08. The Bertz CT molecular complexity index is 757. The van der Waals surface area contributed by atoms with Crippen LogP contribution in [0.15, 0.2) is 28.8 Å². The number of benzene rings is 1. The highest BCUT2D eigenvalue weighted by atomic mass is 19.4. The number of halogens is 3. The van der Waals surface area contributed by atoms with Crippen LogP contribution in [-0.2, 0) is 6.54 Å². The average Bonchev–Trinajstić information content (AvgIpc) is 3.09.